The Hall–Kier alpha value is -2.00. The van der Waals surface area contributed by atoms with Crippen LogP contribution in [0.2, 0.25) is 0 Å². The average molecular weight is 341 g/mol. The highest BCUT2D eigenvalue weighted by Gasteiger charge is 2.10. The minimum Gasteiger partial charge on any atom is -0.497 e. The molecule has 0 aliphatic carbocycles. The zero-order valence-electron chi connectivity index (χ0n) is 16.0. The zero-order chi connectivity index (χ0) is 18.1. The van der Waals surface area contributed by atoms with Crippen LogP contribution in [0, 0.1) is 0 Å². The molecule has 3 rings (SSSR count). The molecule has 3 heteroatoms. The number of morpholine rings is 1. The first-order valence-electron chi connectivity index (χ1n) is 9.19. The molecule has 2 aromatic rings. The Morgan fingerprint density at radius 2 is 1.56 bits per heavy atom. The van der Waals surface area contributed by atoms with Gasteiger partial charge < -0.3 is 14.4 Å². The lowest BCUT2D eigenvalue weighted by Gasteiger charge is -2.28. The number of hydrogen-bond donors (Lipinski definition) is 0. The number of anilines is 1. The minimum absolute atomic E-state index is 0.598. The van der Waals surface area contributed by atoms with Gasteiger partial charge in [0.15, 0.2) is 0 Å². The Labute approximate surface area is 152 Å². The Balaban J connectivity index is 0.000000186. The summed E-state index contributed by atoms with van der Waals surface area (Å²) >= 11 is 0. The Morgan fingerprint density at radius 3 is 2.04 bits per heavy atom. The van der Waals surface area contributed by atoms with E-state index in [1.54, 1.807) is 7.11 Å². The van der Waals surface area contributed by atoms with Crippen LogP contribution in [0.3, 0.4) is 0 Å². The fourth-order valence-corrected chi connectivity index (χ4v) is 2.75. The van der Waals surface area contributed by atoms with E-state index in [1.807, 2.05) is 12.1 Å². The molecule has 1 fully saturated rings. The van der Waals surface area contributed by atoms with Gasteiger partial charge in [0.2, 0.25) is 0 Å². The van der Waals surface area contributed by atoms with E-state index in [0.717, 1.165) is 38.5 Å². The van der Waals surface area contributed by atoms with E-state index in [1.165, 1.54) is 16.8 Å². The normalized spacial score (nSPS) is 14.0. The van der Waals surface area contributed by atoms with Crippen molar-refractivity contribution in [1.29, 1.82) is 0 Å². The van der Waals surface area contributed by atoms with E-state index in [0.29, 0.717) is 5.92 Å². The lowest BCUT2D eigenvalue weighted by atomic mass is 10.0. The van der Waals surface area contributed by atoms with Crippen molar-refractivity contribution < 1.29 is 9.47 Å². The first-order valence-corrected chi connectivity index (χ1v) is 9.19. The smallest absolute Gasteiger partial charge is 0.118 e. The van der Waals surface area contributed by atoms with Crippen molar-refractivity contribution in [2.75, 3.05) is 38.3 Å². The fourth-order valence-electron chi connectivity index (χ4n) is 2.75. The second-order valence-corrected chi connectivity index (χ2v) is 6.55. The molecule has 0 aromatic heterocycles. The average Bonchev–Trinajstić information content (AvgIpc) is 2.69. The maximum absolute atomic E-state index is 5.32. The van der Waals surface area contributed by atoms with Crippen LogP contribution in [0.15, 0.2) is 48.5 Å². The summed E-state index contributed by atoms with van der Waals surface area (Å²) in [6.07, 6.45) is 1.11. The van der Waals surface area contributed by atoms with Gasteiger partial charge in [-0.1, -0.05) is 45.0 Å². The van der Waals surface area contributed by atoms with Gasteiger partial charge in [-0.2, -0.15) is 0 Å². The predicted octanol–water partition coefficient (Wildman–Crippen LogP) is 4.90. The summed E-state index contributed by atoms with van der Waals surface area (Å²) in [5, 5.41) is 0. The molecule has 0 amide bonds. The summed E-state index contributed by atoms with van der Waals surface area (Å²) in [7, 11) is 1.68. The maximum atomic E-state index is 5.32. The summed E-state index contributed by atoms with van der Waals surface area (Å²) in [4.78, 5) is 2.38. The summed E-state index contributed by atoms with van der Waals surface area (Å²) in [6.45, 7) is 10.3. The van der Waals surface area contributed by atoms with Crippen molar-refractivity contribution in [3.8, 4) is 5.75 Å². The van der Waals surface area contributed by atoms with Gasteiger partial charge in [-0.25, -0.2) is 0 Å². The number of benzene rings is 2. The molecule has 0 saturated carbocycles. The van der Waals surface area contributed by atoms with Crippen LogP contribution in [0.4, 0.5) is 5.69 Å². The van der Waals surface area contributed by atoms with Crippen LogP contribution >= 0.6 is 0 Å². The van der Waals surface area contributed by atoms with Crippen molar-refractivity contribution in [3.05, 3.63) is 59.7 Å². The lowest BCUT2D eigenvalue weighted by Crippen LogP contribution is -2.36. The summed E-state index contributed by atoms with van der Waals surface area (Å²) < 4.78 is 10.4. The lowest BCUT2D eigenvalue weighted by molar-refractivity contribution is 0.122. The second-order valence-electron chi connectivity index (χ2n) is 6.55. The van der Waals surface area contributed by atoms with E-state index in [4.69, 9.17) is 9.47 Å². The summed E-state index contributed by atoms with van der Waals surface area (Å²) in [5.74, 6) is 1.52. The highest BCUT2D eigenvalue weighted by molar-refractivity contribution is 5.47. The molecule has 2 aromatic carbocycles. The van der Waals surface area contributed by atoms with E-state index in [9.17, 15) is 0 Å². The third kappa shape index (κ3) is 6.09. The van der Waals surface area contributed by atoms with E-state index < -0.39 is 0 Å². The van der Waals surface area contributed by atoms with Gasteiger partial charge in [-0.3, -0.25) is 0 Å². The van der Waals surface area contributed by atoms with Gasteiger partial charge in [0.25, 0.3) is 0 Å². The molecule has 136 valence electrons. The first-order chi connectivity index (χ1) is 12.1. The molecule has 25 heavy (non-hydrogen) atoms. The van der Waals surface area contributed by atoms with Crippen molar-refractivity contribution in [2.24, 2.45) is 0 Å². The third-order valence-electron chi connectivity index (χ3n) is 4.50. The molecule has 0 unspecified atom stereocenters. The van der Waals surface area contributed by atoms with Crippen LogP contribution < -0.4 is 9.64 Å². The van der Waals surface area contributed by atoms with E-state index in [2.05, 4.69) is 62.1 Å². The van der Waals surface area contributed by atoms with Crippen LogP contribution in [-0.4, -0.2) is 33.4 Å². The third-order valence-corrected chi connectivity index (χ3v) is 4.50. The summed E-state index contributed by atoms with van der Waals surface area (Å²) in [5.41, 5.74) is 4.08. The number of aryl methyl sites for hydroxylation is 1. The highest BCUT2D eigenvalue weighted by Crippen LogP contribution is 2.18. The van der Waals surface area contributed by atoms with Gasteiger partial charge in [0.05, 0.1) is 20.3 Å². The predicted molar refractivity (Wildman–Crippen MR) is 106 cm³/mol. The first kappa shape index (κ1) is 19.3. The largest absolute Gasteiger partial charge is 0.497 e. The molecule has 1 heterocycles. The SMILES string of the molecule is CCc1ccc(N2CCOCC2)cc1.COc1ccc(C(C)C)cc1. The Bertz CT molecular complexity index is 599. The molecule has 0 spiro atoms. The van der Waals surface area contributed by atoms with Crippen LogP contribution in [0.1, 0.15) is 37.8 Å². The highest BCUT2D eigenvalue weighted by atomic mass is 16.5. The molecule has 0 atom stereocenters. The van der Waals surface area contributed by atoms with E-state index in [-0.39, 0.29) is 0 Å². The topological polar surface area (TPSA) is 21.7 Å². The minimum atomic E-state index is 0.598. The van der Waals surface area contributed by atoms with Crippen LogP contribution in [0.25, 0.3) is 0 Å². The van der Waals surface area contributed by atoms with Crippen LogP contribution in [-0.2, 0) is 11.2 Å². The van der Waals surface area contributed by atoms with Gasteiger partial charge in [-0.15, -0.1) is 0 Å². The maximum Gasteiger partial charge on any atom is 0.118 e. The molecular weight excluding hydrogens is 310 g/mol. The molecule has 1 aliphatic rings. The molecule has 0 N–H and O–H groups in total. The van der Waals surface area contributed by atoms with Gasteiger partial charge >= 0.3 is 0 Å². The molecule has 0 radical (unpaired) electrons. The molecule has 1 saturated heterocycles. The van der Waals surface area contributed by atoms with E-state index >= 15 is 0 Å². The molecule has 0 bridgehead atoms. The quantitative estimate of drug-likeness (QED) is 0.789. The number of nitrogens with zero attached hydrogens (tertiary/aromatic N) is 1. The standard InChI is InChI=1S/C12H17NO.C10H14O/c1-2-11-3-5-12(6-4-11)13-7-9-14-10-8-13;1-8(2)9-4-6-10(11-3)7-5-9/h3-6H,2,7-10H2,1H3;4-8H,1-3H3. The fraction of sp³-hybridized carbons (Fsp3) is 0.455. The Morgan fingerprint density at radius 1 is 0.960 bits per heavy atom. The monoisotopic (exact) mass is 341 g/mol. The van der Waals surface area contributed by atoms with Crippen molar-refractivity contribution in [1.82, 2.24) is 0 Å². The van der Waals surface area contributed by atoms with Gasteiger partial charge in [-0.05, 0) is 47.7 Å². The van der Waals surface area contributed by atoms with Crippen molar-refractivity contribution in [2.45, 2.75) is 33.1 Å². The van der Waals surface area contributed by atoms with Crippen LogP contribution in [0.5, 0.6) is 5.75 Å². The van der Waals surface area contributed by atoms with Crippen molar-refractivity contribution in [3.63, 3.8) is 0 Å². The Kier molecular flexibility index (Phi) is 7.80. The van der Waals surface area contributed by atoms with Gasteiger partial charge in [0.1, 0.15) is 5.75 Å². The molecule has 1 aliphatic heterocycles. The molecular formula is C22H31NO2. The molecule has 3 nitrogen and oxygen atoms in total. The zero-order valence-corrected chi connectivity index (χ0v) is 16.0. The summed E-state index contributed by atoms with van der Waals surface area (Å²) in [6, 6.07) is 17.0. The van der Waals surface area contributed by atoms with Gasteiger partial charge in [0, 0.05) is 18.8 Å². The second kappa shape index (κ2) is 10.1. The number of rotatable bonds is 4. The number of methoxy groups -OCH3 is 1. The van der Waals surface area contributed by atoms with Crippen molar-refractivity contribution >= 4 is 5.69 Å². The number of hydrogen-bond acceptors (Lipinski definition) is 3. The number of ether oxygens (including phenoxy) is 2.